The Morgan fingerprint density at radius 1 is 1.19 bits per heavy atom. The van der Waals surface area contributed by atoms with Crippen molar-refractivity contribution in [2.75, 3.05) is 6.54 Å². The normalized spacial score (nSPS) is 12.0. The van der Waals surface area contributed by atoms with Gasteiger partial charge in [0.25, 0.3) is 5.91 Å². The van der Waals surface area contributed by atoms with Crippen LogP contribution in [-0.4, -0.2) is 12.5 Å². The second kappa shape index (κ2) is 7.41. The van der Waals surface area contributed by atoms with Crippen molar-refractivity contribution < 1.29 is 4.79 Å². The highest BCUT2D eigenvalue weighted by molar-refractivity contribution is 9.10. The molecule has 21 heavy (non-hydrogen) atoms. The molecule has 1 amide bonds. The number of hydrogen-bond acceptors (Lipinski definition) is 1. The maximum Gasteiger partial charge on any atom is 0.251 e. The summed E-state index contributed by atoms with van der Waals surface area (Å²) in [4.78, 5) is 12.1. The van der Waals surface area contributed by atoms with Crippen molar-refractivity contribution in [3.8, 4) is 0 Å². The Kier molecular flexibility index (Phi) is 5.57. The van der Waals surface area contributed by atoms with Crippen LogP contribution in [0.4, 0.5) is 0 Å². The van der Waals surface area contributed by atoms with Crippen LogP contribution in [-0.2, 0) is 0 Å². The smallest absolute Gasteiger partial charge is 0.251 e. The highest BCUT2D eigenvalue weighted by Crippen LogP contribution is 2.18. The third-order valence-corrected chi connectivity index (χ3v) is 4.54. The number of benzene rings is 2. The number of nitrogens with one attached hydrogen (secondary N) is 1. The molecule has 0 radical (unpaired) electrons. The molecule has 1 N–H and O–H groups in total. The van der Waals surface area contributed by atoms with Crippen LogP contribution in [0.15, 0.2) is 53.0 Å². The van der Waals surface area contributed by atoms with Crippen LogP contribution in [0.25, 0.3) is 0 Å². The van der Waals surface area contributed by atoms with Gasteiger partial charge in [-0.2, -0.15) is 0 Å². The Hall–Kier alpha value is -1.61. The van der Waals surface area contributed by atoms with Crippen molar-refractivity contribution in [2.45, 2.75) is 26.2 Å². The SMILES string of the molecule is Cc1cc(C(=O)NCCC(C)c2ccccc2)ccc1Br. The molecule has 0 aliphatic rings. The third-order valence-electron chi connectivity index (χ3n) is 3.65. The monoisotopic (exact) mass is 345 g/mol. The van der Waals surface area contributed by atoms with Gasteiger partial charge in [0.15, 0.2) is 0 Å². The maximum atomic E-state index is 12.1. The van der Waals surface area contributed by atoms with Gasteiger partial charge in [-0.25, -0.2) is 0 Å². The fourth-order valence-electron chi connectivity index (χ4n) is 2.24. The summed E-state index contributed by atoms with van der Waals surface area (Å²) in [6, 6.07) is 16.0. The van der Waals surface area contributed by atoms with E-state index in [4.69, 9.17) is 0 Å². The van der Waals surface area contributed by atoms with Crippen molar-refractivity contribution in [2.24, 2.45) is 0 Å². The lowest BCUT2D eigenvalue weighted by molar-refractivity contribution is 0.0952. The molecule has 0 saturated carbocycles. The molecule has 1 unspecified atom stereocenters. The van der Waals surface area contributed by atoms with Crippen LogP contribution in [0.5, 0.6) is 0 Å². The van der Waals surface area contributed by atoms with Gasteiger partial charge < -0.3 is 5.32 Å². The van der Waals surface area contributed by atoms with Gasteiger partial charge in [0, 0.05) is 16.6 Å². The fraction of sp³-hybridized carbons (Fsp3) is 0.278. The fourth-order valence-corrected chi connectivity index (χ4v) is 2.49. The highest BCUT2D eigenvalue weighted by atomic mass is 79.9. The zero-order chi connectivity index (χ0) is 15.2. The van der Waals surface area contributed by atoms with Crippen molar-refractivity contribution in [3.63, 3.8) is 0 Å². The van der Waals surface area contributed by atoms with E-state index >= 15 is 0 Å². The van der Waals surface area contributed by atoms with Crippen LogP contribution in [0.2, 0.25) is 0 Å². The summed E-state index contributed by atoms with van der Waals surface area (Å²) >= 11 is 3.44. The number of halogens is 1. The molecule has 2 aromatic carbocycles. The average molecular weight is 346 g/mol. The summed E-state index contributed by atoms with van der Waals surface area (Å²) in [5.41, 5.74) is 3.09. The first-order valence-corrected chi connectivity index (χ1v) is 7.96. The third kappa shape index (κ3) is 4.43. The zero-order valence-corrected chi connectivity index (χ0v) is 14.0. The molecule has 0 fully saturated rings. The summed E-state index contributed by atoms with van der Waals surface area (Å²) in [7, 11) is 0. The largest absolute Gasteiger partial charge is 0.352 e. The Morgan fingerprint density at radius 2 is 1.90 bits per heavy atom. The predicted molar refractivity (Wildman–Crippen MR) is 90.7 cm³/mol. The number of rotatable bonds is 5. The quantitative estimate of drug-likeness (QED) is 0.837. The Labute approximate surface area is 134 Å². The average Bonchev–Trinajstić information content (AvgIpc) is 2.50. The molecular formula is C18H20BrNO. The van der Waals surface area contributed by atoms with Gasteiger partial charge >= 0.3 is 0 Å². The Balaban J connectivity index is 1.85. The van der Waals surface area contributed by atoms with Crippen molar-refractivity contribution in [1.82, 2.24) is 5.32 Å². The first kappa shape index (κ1) is 15.8. The minimum absolute atomic E-state index is 0.00846. The number of carbonyl (C=O) groups is 1. The summed E-state index contributed by atoms with van der Waals surface area (Å²) in [6.45, 7) is 4.85. The topological polar surface area (TPSA) is 29.1 Å². The van der Waals surface area contributed by atoms with E-state index in [1.54, 1.807) is 0 Å². The van der Waals surface area contributed by atoms with E-state index in [-0.39, 0.29) is 5.91 Å². The van der Waals surface area contributed by atoms with Crippen LogP contribution >= 0.6 is 15.9 Å². The summed E-state index contributed by atoms with van der Waals surface area (Å²) in [5.74, 6) is 0.434. The lowest BCUT2D eigenvalue weighted by Gasteiger charge is -2.12. The van der Waals surface area contributed by atoms with Crippen LogP contribution in [0.1, 0.15) is 40.7 Å². The van der Waals surface area contributed by atoms with E-state index in [0.29, 0.717) is 18.0 Å². The van der Waals surface area contributed by atoms with Crippen molar-refractivity contribution >= 4 is 21.8 Å². The number of aryl methyl sites for hydroxylation is 1. The summed E-state index contributed by atoms with van der Waals surface area (Å²) < 4.78 is 1.02. The molecule has 0 spiro atoms. The van der Waals surface area contributed by atoms with Gasteiger partial charge in [-0.05, 0) is 48.6 Å². The zero-order valence-electron chi connectivity index (χ0n) is 12.4. The van der Waals surface area contributed by atoms with Crippen LogP contribution < -0.4 is 5.32 Å². The molecule has 1 atom stereocenters. The first-order valence-electron chi connectivity index (χ1n) is 7.17. The van der Waals surface area contributed by atoms with E-state index in [1.165, 1.54) is 5.56 Å². The molecule has 110 valence electrons. The summed E-state index contributed by atoms with van der Waals surface area (Å²) in [5, 5.41) is 2.99. The van der Waals surface area contributed by atoms with Crippen LogP contribution in [0, 0.1) is 6.92 Å². The number of hydrogen-bond donors (Lipinski definition) is 1. The Morgan fingerprint density at radius 3 is 2.57 bits per heavy atom. The Bertz CT molecular complexity index is 610. The molecule has 2 aromatic rings. The first-order chi connectivity index (χ1) is 10.1. The van der Waals surface area contributed by atoms with Gasteiger partial charge in [-0.15, -0.1) is 0 Å². The molecule has 2 nitrogen and oxygen atoms in total. The van der Waals surface area contributed by atoms with E-state index in [2.05, 4.69) is 52.4 Å². The molecule has 2 rings (SSSR count). The highest BCUT2D eigenvalue weighted by Gasteiger charge is 2.08. The standard InChI is InChI=1S/C18H20BrNO/c1-13(15-6-4-3-5-7-15)10-11-20-18(21)16-8-9-17(19)14(2)12-16/h3-9,12-13H,10-11H2,1-2H3,(H,20,21). The second-order valence-electron chi connectivity index (χ2n) is 5.32. The van der Waals surface area contributed by atoms with Gasteiger partial charge in [-0.3, -0.25) is 4.79 Å². The molecule has 0 heterocycles. The number of amides is 1. The molecule has 0 bridgehead atoms. The molecular weight excluding hydrogens is 326 g/mol. The van der Waals surface area contributed by atoms with Gasteiger partial charge in [0.05, 0.1) is 0 Å². The van der Waals surface area contributed by atoms with E-state index in [1.807, 2.05) is 31.2 Å². The number of carbonyl (C=O) groups excluding carboxylic acids is 1. The minimum Gasteiger partial charge on any atom is -0.352 e. The van der Waals surface area contributed by atoms with Crippen molar-refractivity contribution in [3.05, 3.63) is 69.7 Å². The van der Waals surface area contributed by atoms with E-state index < -0.39 is 0 Å². The lowest BCUT2D eigenvalue weighted by Crippen LogP contribution is -2.25. The molecule has 3 heteroatoms. The molecule has 0 aliphatic carbocycles. The molecule has 0 saturated heterocycles. The van der Waals surface area contributed by atoms with Gasteiger partial charge in [0.1, 0.15) is 0 Å². The van der Waals surface area contributed by atoms with E-state index in [9.17, 15) is 4.79 Å². The summed E-state index contributed by atoms with van der Waals surface area (Å²) in [6.07, 6.45) is 0.936. The maximum absolute atomic E-state index is 12.1. The molecule has 0 aromatic heterocycles. The van der Waals surface area contributed by atoms with Crippen molar-refractivity contribution in [1.29, 1.82) is 0 Å². The lowest BCUT2D eigenvalue weighted by atomic mass is 9.98. The minimum atomic E-state index is -0.00846. The van der Waals surface area contributed by atoms with E-state index in [0.717, 1.165) is 16.5 Å². The van der Waals surface area contributed by atoms with Crippen LogP contribution in [0.3, 0.4) is 0 Å². The second-order valence-corrected chi connectivity index (χ2v) is 6.17. The van der Waals surface area contributed by atoms with Gasteiger partial charge in [-0.1, -0.05) is 53.2 Å². The van der Waals surface area contributed by atoms with Gasteiger partial charge in [0.2, 0.25) is 0 Å². The predicted octanol–water partition coefficient (Wildman–Crippen LogP) is 4.68. The molecule has 0 aliphatic heterocycles.